The molecule has 82 valence electrons. The highest BCUT2D eigenvalue weighted by Gasteiger charge is 2.27. The van der Waals surface area contributed by atoms with Gasteiger partial charge in [0.2, 0.25) is 0 Å². The molecule has 0 amide bonds. The molecule has 0 atom stereocenters. The molecule has 0 spiro atoms. The molecule has 4 nitrogen and oxygen atoms in total. The van der Waals surface area contributed by atoms with E-state index in [2.05, 4.69) is 0 Å². The van der Waals surface area contributed by atoms with Crippen LogP contribution in [0.15, 0.2) is 18.2 Å². The van der Waals surface area contributed by atoms with Crippen molar-refractivity contribution >= 4 is 5.97 Å². The first-order valence-corrected chi connectivity index (χ1v) is 4.58. The van der Waals surface area contributed by atoms with Crippen molar-refractivity contribution in [2.75, 3.05) is 0 Å². The van der Waals surface area contributed by atoms with Crippen LogP contribution >= 0.6 is 0 Å². The lowest BCUT2D eigenvalue weighted by Gasteiger charge is -2.24. The number of carbonyl (C=O) groups is 1. The first-order valence-electron chi connectivity index (χ1n) is 4.58. The molecule has 0 unspecified atom stereocenters. The first kappa shape index (κ1) is 11.4. The van der Waals surface area contributed by atoms with Gasteiger partial charge in [-0.2, -0.15) is 0 Å². The summed E-state index contributed by atoms with van der Waals surface area (Å²) in [7, 11) is 0. The molecule has 3 N–H and O–H groups in total. The Morgan fingerprint density at radius 1 is 1.33 bits per heavy atom. The van der Waals surface area contributed by atoms with Crippen molar-refractivity contribution in [1.82, 2.24) is 0 Å². The summed E-state index contributed by atoms with van der Waals surface area (Å²) in [6.07, 6.45) is -0.107. The molecule has 0 aliphatic heterocycles. The molecule has 0 saturated carbocycles. The predicted molar refractivity (Wildman–Crippen MR) is 55.1 cm³/mol. The van der Waals surface area contributed by atoms with Crippen molar-refractivity contribution in [3.8, 4) is 11.5 Å². The lowest BCUT2D eigenvalue weighted by molar-refractivity contribution is -0.138. The van der Waals surface area contributed by atoms with Crippen molar-refractivity contribution < 1.29 is 20.1 Å². The van der Waals surface area contributed by atoms with E-state index in [1.165, 1.54) is 6.07 Å². The third kappa shape index (κ3) is 2.40. The molecular weight excluding hydrogens is 196 g/mol. The number of aromatic hydroxyl groups is 2. The predicted octanol–water partition coefficient (Wildman–Crippen LogP) is 1.85. The fourth-order valence-electron chi connectivity index (χ4n) is 1.55. The van der Waals surface area contributed by atoms with E-state index in [0.29, 0.717) is 5.56 Å². The summed E-state index contributed by atoms with van der Waals surface area (Å²) in [6.45, 7) is 3.41. The number of carboxylic acids is 1. The second kappa shape index (κ2) is 3.81. The van der Waals surface area contributed by atoms with Gasteiger partial charge >= 0.3 is 5.97 Å². The summed E-state index contributed by atoms with van der Waals surface area (Å²) in [5, 5.41) is 27.6. The van der Waals surface area contributed by atoms with Gasteiger partial charge in [0.25, 0.3) is 0 Å². The number of para-hydroxylation sites is 1. The maximum atomic E-state index is 10.6. The number of carboxylic acid groups (broad SMARTS) is 1. The normalized spacial score (nSPS) is 11.3. The zero-order chi connectivity index (χ0) is 11.6. The van der Waals surface area contributed by atoms with E-state index in [-0.39, 0.29) is 17.9 Å². The topological polar surface area (TPSA) is 77.8 Å². The molecule has 1 rings (SSSR count). The lowest BCUT2D eigenvalue weighted by Crippen LogP contribution is -2.21. The van der Waals surface area contributed by atoms with E-state index >= 15 is 0 Å². The highest BCUT2D eigenvalue weighted by atomic mass is 16.4. The number of hydrogen-bond donors (Lipinski definition) is 3. The first-order chi connectivity index (χ1) is 6.84. The highest BCUT2D eigenvalue weighted by molar-refractivity contribution is 5.69. The molecule has 4 heteroatoms. The Morgan fingerprint density at radius 3 is 2.47 bits per heavy atom. The average Bonchev–Trinajstić information content (AvgIpc) is 2.07. The van der Waals surface area contributed by atoms with Gasteiger partial charge in [-0.3, -0.25) is 4.79 Å². The van der Waals surface area contributed by atoms with Crippen LogP contribution in [0.5, 0.6) is 11.5 Å². The van der Waals surface area contributed by atoms with Gasteiger partial charge in [-0.1, -0.05) is 26.0 Å². The largest absolute Gasteiger partial charge is 0.504 e. The summed E-state index contributed by atoms with van der Waals surface area (Å²) < 4.78 is 0. The SMILES string of the molecule is CC(C)(CC(=O)O)c1cccc(O)c1O. The molecule has 15 heavy (non-hydrogen) atoms. The second-order valence-electron chi connectivity index (χ2n) is 4.13. The number of aliphatic carboxylic acids is 1. The third-order valence-corrected chi connectivity index (χ3v) is 2.34. The minimum atomic E-state index is -0.942. The standard InChI is InChI=1S/C11H14O4/c1-11(2,6-9(13)14)7-4-3-5-8(12)10(7)15/h3-5,12,15H,6H2,1-2H3,(H,13,14). The van der Waals surface area contributed by atoms with Crippen molar-refractivity contribution in [3.63, 3.8) is 0 Å². The van der Waals surface area contributed by atoms with E-state index in [4.69, 9.17) is 5.11 Å². The molecule has 1 aromatic rings. The van der Waals surface area contributed by atoms with Crippen LogP contribution in [0.2, 0.25) is 0 Å². The Hall–Kier alpha value is -1.71. The van der Waals surface area contributed by atoms with Gasteiger partial charge in [-0.05, 0) is 6.07 Å². The van der Waals surface area contributed by atoms with Gasteiger partial charge in [-0.15, -0.1) is 0 Å². The number of phenols is 2. The van der Waals surface area contributed by atoms with Crippen molar-refractivity contribution in [1.29, 1.82) is 0 Å². The fourth-order valence-corrected chi connectivity index (χ4v) is 1.55. The van der Waals surface area contributed by atoms with E-state index in [9.17, 15) is 15.0 Å². The van der Waals surface area contributed by atoms with Gasteiger partial charge < -0.3 is 15.3 Å². The van der Waals surface area contributed by atoms with Gasteiger partial charge in [0, 0.05) is 11.0 Å². The molecule has 0 aliphatic rings. The van der Waals surface area contributed by atoms with Crippen LogP contribution in [-0.2, 0) is 10.2 Å². The van der Waals surface area contributed by atoms with Gasteiger partial charge in [0.05, 0.1) is 6.42 Å². The molecule has 0 aromatic heterocycles. The molecule has 0 heterocycles. The zero-order valence-corrected chi connectivity index (χ0v) is 8.69. The minimum absolute atomic E-state index is 0.107. The number of rotatable bonds is 3. The van der Waals surface area contributed by atoms with E-state index in [1.807, 2.05) is 0 Å². The quantitative estimate of drug-likeness (QED) is 0.665. The van der Waals surface area contributed by atoms with Gasteiger partial charge in [0.1, 0.15) is 0 Å². The maximum Gasteiger partial charge on any atom is 0.304 e. The molecule has 1 aromatic carbocycles. The Morgan fingerprint density at radius 2 is 1.93 bits per heavy atom. The van der Waals surface area contributed by atoms with Crippen molar-refractivity contribution in [2.45, 2.75) is 25.7 Å². The molecule has 0 fully saturated rings. The van der Waals surface area contributed by atoms with Crippen LogP contribution in [0.4, 0.5) is 0 Å². The zero-order valence-electron chi connectivity index (χ0n) is 8.69. The van der Waals surface area contributed by atoms with Gasteiger partial charge in [0.15, 0.2) is 11.5 Å². The Bertz CT molecular complexity index is 382. The van der Waals surface area contributed by atoms with E-state index < -0.39 is 11.4 Å². The van der Waals surface area contributed by atoms with Crippen LogP contribution in [0.25, 0.3) is 0 Å². The van der Waals surface area contributed by atoms with Crippen LogP contribution in [0.3, 0.4) is 0 Å². The van der Waals surface area contributed by atoms with Gasteiger partial charge in [-0.25, -0.2) is 0 Å². The Kier molecular flexibility index (Phi) is 2.88. The highest BCUT2D eigenvalue weighted by Crippen LogP contribution is 2.38. The van der Waals surface area contributed by atoms with Crippen molar-refractivity contribution in [3.05, 3.63) is 23.8 Å². The smallest absolute Gasteiger partial charge is 0.304 e. The summed E-state index contributed by atoms with van der Waals surface area (Å²) in [6, 6.07) is 4.54. The lowest BCUT2D eigenvalue weighted by atomic mass is 9.81. The molecule has 0 bridgehead atoms. The fraction of sp³-hybridized carbons (Fsp3) is 0.364. The van der Waals surface area contributed by atoms with Crippen LogP contribution in [0.1, 0.15) is 25.8 Å². The summed E-state index contributed by atoms with van der Waals surface area (Å²) in [5.74, 6) is -1.42. The molecule has 0 radical (unpaired) electrons. The Balaban J connectivity index is 3.14. The average molecular weight is 210 g/mol. The van der Waals surface area contributed by atoms with Crippen LogP contribution in [-0.4, -0.2) is 21.3 Å². The number of benzene rings is 1. The minimum Gasteiger partial charge on any atom is -0.504 e. The summed E-state index contributed by atoms with van der Waals surface area (Å²) in [5.41, 5.74) is -0.279. The van der Waals surface area contributed by atoms with E-state index in [0.717, 1.165) is 0 Å². The monoisotopic (exact) mass is 210 g/mol. The summed E-state index contributed by atoms with van der Waals surface area (Å²) >= 11 is 0. The number of phenolic OH excluding ortho intramolecular Hbond substituents is 2. The number of hydrogen-bond acceptors (Lipinski definition) is 3. The van der Waals surface area contributed by atoms with Crippen LogP contribution < -0.4 is 0 Å². The van der Waals surface area contributed by atoms with E-state index in [1.54, 1.807) is 26.0 Å². The summed E-state index contributed by atoms with van der Waals surface area (Å²) in [4.78, 5) is 10.6. The molecular formula is C11H14O4. The maximum absolute atomic E-state index is 10.6. The Labute approximate surface area is 87.8 Å². The third-order valence-electron chi connectivity index (χ3n) is 2.34. The van der Waals surface area contributed by atoms with Crippen LogP contribution in [0, 0.1) is 0 Å². The molecule has 0 aliphatic carbocycles. The van der Waals surface area contributed by atoms with Crippen molar-refractivity contribution in [2.24, 2.45) is 0 Å². The second-order valence-corrected chi connectivity index (χ2v) is 4.13. The molecule has 0 saturated heterocycles.